The van der Waals surface area contributed by atoms with Gasteiger partial charge in [-0.15, -0.1) is 0 Å². The van der Waals surface area contributed by atoms with E-state index in [1.165, 1.54) is 31.1 Å². The van der Waals surface area contributed by atoms with Gasteiger partial charge in [-0.25, -0.2) is 0 Å². The summed E-state index contributed by atoms with van der Waals surface area (Å²) in [6.07, 6.45) is 0. The molecule has 1 aliphatic rings. The van der Waals surface area contributed by atoms with E-state index in [0.717, 1.165) is 0 Å². The number of aromatic hydroxyl groups is 1. The normalized spacial score (nSPS) is 18.5. The molecule has 1 aromatic rings. The molecule has 1 aliphatic heterocycles. The van der Waals surface area contributed by atoms with Gasteiger partial charge in [-0.3, -0.25) is 9.59 Å². The number of ether oxygens (including phenoxy) is 1. The van der Waals surface area contributed by atoms with Crippen molar-refractivity contribution in [2.24, 2.45) is 0 Å². The molecule has 2 N–H and O–H groups in total. The predicted octanol–water partition coefficient (Wildman–Crippen LogP) is 1.32. The predicted molar refractivity (Wildman–Crippen MR) is 74.8 cm³/mol. The van der Waals surface area contributed by atoms with Crippen molar-refractivity contribution in [1.29, 1.82) is 0 Å². The Labute approximate surface area is 122 Å². The van der Waals surface area contributed by atoms with E-state index in [1.807, 2.05) is 0 Å². The zero-order valence-electron chi connectivity index (χ0n) is 11.9. The van der Waals surface area contributed by atoms with Crippen molar-refractivity contribution < 1.29 is 24.5 Å². The minimum Gasteiger partial charge on any atom is -0.508 e. The Morgan fingerprint density at radius 1 is 1.29 bits per heavy atom. The van der Waals surface area contributed by atoms with Gasteiger partial charge in [-0.05, 0) is 24.6 Å². The van der Waals surface area contributed by atoms with Gasteiger partial charge in [0.05, 0.1) is 18.2 Å². The fourth-order valence-corrected chi connectivity index (χ4v) is 2.44. The highest BCUT2D eigenvalue weighted by Crippen LogP contribution is 2.37. The fourth-order valence-electron chi connectivity index (χ4n) is 2.44. The molecule has 0 fully saturated rings. The monoisotopic (exact) mass is 291 g/mol. The van der Waals surface area contributed by atoms with Crippen molar-refractivity contribution in [1.82, 2.24) is 4.90 Å². The maximum atomic E-state index is 12.1. The Balaban J connectivity index is 2.46. The van der Waals surface area contributed by atoms with Crippen LogP contribution in [0.4, 0.5) is 0 Å². The molecule has 21 heavy (non-hydrogen) atoms. The number of phenolic OH excluding ortho intramolecular Hbond substituents is 1. The summed E-state index contributed by atoms with van der Waals surface area (Å²) in [6.45, 7) is 1.85. The first-order chi connectivity index (χ1) is 9.97. The van der Waals surface area contributed by atoms with E-state index in [4.69, 9.17) is 4.74 Å². The second-order valence-corrected chi connectivity index (χ2v) is 4.80. The highest BCUT2D eigenvalue weighted by atomic mass is 16.5. The van der Waals surface area contributed by atoms with Crippen molar-refractivity contribution in [2.45, 2.75) is 13.0 Å². The number of hydrogen-bond acceptors (Lipinski definition) is 5. The van der Waals surface area contributed by atoms with Gasteiger partial charge < -0.3 is 19.8 Å². The summed E-state index contributed by atoms with van der Waals surface area (Å²) in [6, 6.07) is 5.53. The molecule has 1 aromatic carbocycles. The number of methoxy groups -OCH3 is 1. The summed E-state index contributed by atoms with van der Waals surface area (Å²) in [4.78, 5) is 25.3. The van der Waals surface area contributed by atoms with Crippen LogP contribution in [-0.2, 0) is 14.3 Å². The molecule has 0 aromatic heterocycles. The maximum absolute atomic E-state index is 12.1. The van der Waals surface area contributed by atoms with Crippen LogP contribution >= 0.6 is 0 Å². The third kappa shape index (κ3) is 2.75. The van der Waals surface area contributed by atoms with E-state index in [1.54, 1.807) is 12.1 Å². The SMILES string of the molecule is COCCN1C(=O)C(O)=C(C(C)=O)C1c1ccc(O)cc1. The van der Waals surface area contributed by atoms with E-state index in [0.29, 0.717) is 12.2 Å². The molecule has 2 rings (SSSR count). The van der Waals surface area contributed by atoms with Crippen LogP contribution in [0.2, 0.25) is 0 Å². The second-order valence-electron chi connectivity index (χ2n) is 4.80. The number of carbonyl (C=O) groups is 2. The lowest BCUT2D eigenvalue weighted by atomic mass is 9.97. The van der Waals surface area contributed by atoms with E-state index in [2.05, 4.69) is 0 Å². The van der Waals surface area contributed by atoms with Gasteiger partial charge in [-0.2, -0.15) is 0 Å². The van der Waals surface area contributed by atoms with Crippen molar-refractivity contribution >= 4 is 11.7 Å². The molecule has 0 radical (unpaired) electrons. The van der Waals surface area contributed by atoms with Gasteiger partial charge in [0, 0.05) is 13.7 Å². The minimum atomic E-state index is -0.661. The molecule has 0 bridgehead atoms. The quantitative estimate of drug-likeness (QED) is 0.854. The van der Waals surface area contributed by atoms with E-state index < -0.39 is 17.7 Å². The van der Waals surface area contributed by atoms with Crippen LogP contribution in [0.15, 0.2) is 35.6 Å². The molecule has 6 nitrogen and oxygen atoms in total. The first-order valence-electron chi connectivity index (χ1n) is 6.50. The summed E-state index contributed by atoms with van der Waals surface area (Å²) in [5.41, 5.74) is 0.716. The molecule has 0 saturated heterocycles. The molecule has 0 saturated carbocycles. The van der Waals surface area contributed by atoms with Crippen LogP contribution < -0.4 is 0 Å². The number of hydrogen-bond donors (Lipinski definition) is 2. The lowest BCUT2D eigenvalue weighted by Crippen LogP contribution is -2.33. The van der Waals surface area contributed by atoms with Crippen LogP contribution in [0.25, 0.3) is 0 Å². The first-order valence-corrected chi connectivity index (χ1v) is 6.50. The Hall–Kier alpha value is -2.34. The number of nitrogens with zero attached hydrogens (tertiary/aromatic N) is 1. The summed E-state index contributed by atoms with van der Waals surface area (Å²) in [7, 11) is 1.51. The summed E-state index contributed by atoms with van der Waals surface area (Å²) < 4.78 is 4.97. The Kier molecular flexibility index (Phi) is 4.28. The molecular formula is C15H17NO5. The maximum Gasteiger partial charge on any atom is 0.290 e. The Morgan fingerprint density at radius 3 is 2.43 bits per heavy atom. The Bertz CT molecular complexity index is 591. The molecular weight excluding hydrogens is 274 g/mol. The van der Waals surface area contributed by atoms with Gasteiger partial charge in [0.25, 0.3) is 5.91 Å². The molecule has 1 atom stereocenters. The number of aliphatic hydroxyl groups is 1. The summed E-state index contributed by atoms with van der Waals surface area (Å²) >= 11 is 0. The van der Waals surface area contributed by atoms with Crippen LogP contribution in [0, 0.1) is 0 Å². The molecule has 0 spiro atoms. The first kappa shape index (κ1) is 15.1. The molecule has 1 amide bonds. The molecule has 1 heterocycles. The second kappa shape index (κ2) is 5.97. The number of Topliss-reactive ketones (excluding diaryl/α,β-unsaturated/α-hetero) is 1. The summed E-state index contributed by atoms with van der Waals surface area (Å²) in [5.74, 6) is -1.38. The van der Waals surface area contributed by atoms with Gasteiger partial charge >= 0.3 is 0 Å². The van der Waals surface area contributed by atoms with Crippen molar-refractivity contribution in [2.75, 3.05) is 20.3 Å². The smallest absolute Gasteiger partial charge is 0.290 e. The van der Waals surface area contributed by atoms with Crippen LogP contribution in [-0.4, -0.2) is 47.1 Å². The minimum absolute atomic E-state index is 0.0711. The average Bonchev–Trinajstić information content (AvgIpc) is 2.70. The largest absolute Gasteiger partial charge is 0.508 e. The number of aliphatic hydroxyl groups excluding tert-OH is 1. The number of rotatable bonds is 5. The zero-order valence-corrected chi connectivity index (χ0v) is 11.9. The molecule has 1 unspecified atom stereocenters. The van der Waals surface area contributed by atoms with E-state index in [9.17, 15) is 19.8 Å². The standard InChI is InChI=1S/C15H17NO5/c1-9(17)12-13(10-3-5-11(18)6-4-10)16(7-8-21-2)15(20)14(12)19/h3-6,13,18-19H,7-8H2,1-2H3. The van der Waals surface area contributed by atoms with Gasteiger partial charge in [0.1, 0.15) is 5.75 Å². The third-order valence-corrected chi connectivity index (χ3v) is 3.43. The number of amides is 1. The van der Waals surface area contributed by atoms with Crippen molar-refractivity contribution in [3.63, 3.8) is 0 Å². The number of phenols is 1. The lowest BCUT2D eigenvalue weighted by molar-refractivity contribution is -0.130. The highest BCUT2D eigenvalue weighted by molar-refractivity contribution is 6.08. The number of carbonyl (C=O) groups excluding carboxylic acids is 2. The zero-order chi connectivity index (χ0) is 15.6. The molecule has 112 valence electrons. The topological polar surface area (TPSA) is 87.1 Å². The lowest BCUT2D eigenvalue weighted by Gasteiger charge is -2.26. The fraction of sp³-hybridized carbons (Fsp3) is 0.333. The third-order valence-electron chi connectivity index (χ3n) is 3.43. The van der Waals surface area contributed by atoms with Crippen LogP contribution in [0.3, 0.4) is 0 Å². The average molecular weight is 291 g/mol. The van der Waals surface area contributed by atoms with Crippen LogP contribution in [0.5, 0.6) is 5.75 Å². The highest BCUT2D eigenvalue weighted by Gasteiger charge is 2.41. The number of benzene rings is 1. The van der Waals surface area contributed by atoms with Gasteiger partial charge in [-0.1, -0.05) is 12.1 Å². The Morgan fingerprint density at radius 2 is 1.90 bits per heavy atom. The van der Waals surface area contributed by atoms with E-state index in [-0.39, 0.29) is 23.7 Å². The van der Waals surface area contributed by atoms with Crippen molar-refractivity contribution in [3.8, 4) is 5.75 Å². The molecule has 6 heteroatoms. The number of ketones is 1. The van der Waals surface area contributed by atoms with E-state index >= 15 is 0 Å². The summed E-state index contributed by atoms with van der Waals surface area (Å²) in [5, 5.41) is 19.3. The van der Waals surface area contributed by atoms with Gasteiger partial charge in [0.15, 0.2) is 11.5 Å². The van der Waals surface area contributed by atoms with Gasteiger partial charge in [0.2, 0.25) is 0 Å². The van der Waals surface area contributed by atoms with Crippen LogP contribution in [0.1, 0.15) is 18.5 Å². The van der Waals surface area contributed by atoms with Crippen molar-refractivity contribution in [3.05, 3.63) is 41.2 Å². The molecule has 0 aliphatic carbocycles.